The second-order valence-corrected chi connectivity index (χ2v) is 8.08. The molecule has 5 rings (SSSR count). The van der Waals surface area contributed by atoms with E-state index in [-0.39, 0.29) is 6.10 Å². The lowest BCUT2D eigenvalue weighted by molar-refractivity contribution is 0.200. The third-order valence-corrected chi connectivity index (χ3v) is 6.03. The number of aryl methyl sites for hydroxylation is 2. The number of nitrogens with zero attached hydrogens (tertiary/aromatic N) is 4. The fraction of sp³-hybridized carbons (Fsp3) is 0.348. The molecule has 6 nitrogen and oxygen atoms in total. The molecule has 1 aromatic carbocycles. The number of nitrogen functional groups attached to an aromatic ring is 1. The molecule has 1 unspecified atom stereocenters. The first-order valence-corrected chi connectivity index (χ1v) is 10.1. The van der Waals surface area contributed by atoms with Gasteiger partial charge in [0, 0.05) is 31.0 Å². The largest absolute Gasteiger partial charge is 0.467 e. The van der Waals surface area contributed by atoms with E-state index < -0.39 is 0 Å². The van der Waals surface area contributed by atoms with E-state index in [9.17, 15) is 0 Å². The van der Waals surface area contributed by atoms with Crippen molar-refractivity contribution >= 4 is 5.82 Å². The normalized spacial score (nSPS) is 18.3. The van der Waals surface area contributed by atoms with Crippen LogP contribution in [0.2, 0.25) is 0 Å². The van der Waals surface area contributed by atoms with Gasteiger partial charge in [-0.15, -0.1) is 0 Å². The summed E-state index contributed by atoms with van der Waals surface area (Å²) < 4.78 is 6.22. The Morgan fingerprint density at radius 3 is 2.97 bits per heavy atom. The molecule has 3 heterocycles. The number of likely N-dealkylation sites (N-methyl/N-ethyl adjacent to an activating group) is 1. The Kier molecular flexibility index (Phi) is 4.43. The molecule has 0 spiro atoms. The summed E-state index contributed by atoms with van der Waals surface area (Å²) in [6.07, 6.45) is 8.35. The number of pyridine rings is 1. The Balaban J connectivity index is 1.48. The molecule has 0 amide bonds. The van der Waals surface area contributed by atoms with Crippen molar-refractivity contribution in [2.24, 2.45) is 0 Å². The third-order valence-electron chi connectivity index (χ3n) is 6.03. The van der Waals surface area contributed by atoms with E-state index in [4.69, 9.17) is 15.5 Å². The summed E-state index contributed by atoms with van der Waals surface area (Å²) >= 11 is 0. The zero-order chi connectivity index (χ0) is 20.0. The van der Waals surface area contributed by atoms with Crippen LogP contribution in [0, 0.1) is 6.92 Å². The fourth-order valence-electron chi connectivity index (χ4n) is 4.48. The average Bonchev–Trinajstić information content (AvgIpc) is 3.12. The molecular formula is C23H25N5O. The van der Waals surface area contributed by atoms with Crippen LogP contribution in [0.1, 0.15) is 40.3 Å². The van der Waals surface area contributed by atoms with E-state index >= 15 is 0 Å². The van der Waals surface area contributed by atoms with Crippen LogP contribution < -0.4 is 10.5 Å². The number of benzene rings is 1. The summed E-state index contributed by atoms with van der Waals surface area (Å²) in [6.45, 7) is 4.24. The van der Waals surface area contributed by atoms with E-state index in [0.717, 1.165) is 43.6 Å². The molecule has 0 fully saturated rings. The van der Waals surface area contributed by atoms with Crippen molar-refractivity contribution in [2.75, 3.05) is 19.3 Å². The number of ether oxygens (including phenoxy) is 1. The predicted octanol–water partition coefficient (Wildman–Crippen LogP) is 3.48. The minimum absolute atomic E-state index is 0.0567. The fourth-order valence-corrected chi connectivity index (χ4v) is 4.48. The highest BCUT2D eigenvalue weighted by atomic mass is 16.5. The minimum atomic E-state index is -0.0567. The molecule has 0 radical (unpaired) electrons. The molecule has 0 saturated carbocycles. The van der Waals surface area contributed by atoms with Crippen LogP contribution in [0.25, 0.3) is 11.3 Å². The molecule has 1 aliphatic carbocycles. The molecule has 0 bridgehead atoms. The van der Waals surface area contributed by atoms with Crippen LogP contribution in [-0.2, 0) is 19.4 Å². The number of anilines is 1. The molecule has 1 aliphatic heterocycles. The zero-order valence-corrected chi connectivity index (χ0v) is 16.9. The van der Waals surface area contributed by atoms with Crippen LogP contribution in [-0.4, -0.2) is 33.4 Å². The van der Waals surface area contributed by atoms with Crippen molar-refractivity contribution in [2.45, 2.75) is 38.8 Å². The van der Waals surface area contributed by atoms with E-state index in [1.807, 2.05) is 12.3 Å². The Hall–Kier alpha value is -2.99. The summed E-state index contributed by atoms with van der Waals surface area (Å²) in [5.41, 5.74) is 14.5. The highest BCUT2D eigenvalue weighted by Crippen LogP contribution is 2.36. The number of aromatic nitrogens is 3. The maximum Gasteiger partial charge on any atom is 0.258 e. The molecule has 2 N–H and O–H groups in total. The number of nitrogens with two attached hydrogens (primary N) is 1. The number of hydrogen-bond acceptors (Lipinski definition) is 6. The second kappa shape index (κ2) is 7.12. The first kappa shape index (κ1) is 18.1. The summed E-state index contributed by atoms with van der Waals surface area (Å²) in [6, 6.07) is 6.45. The molecule has 0 saturated heterocycles. The monoisotopic (exact) mass is 387 g/mol. The lowest BCUT2D eigenvalue weighted by Gasteiger charge is -2.27. The summed E-state index contributed by atoms with van der Waals surface area (Å²) in [7, 11) is 2.16. The van der Waals surface area contributed by atoms with Crippen molar-refractivity contribution in [3.05, 3.63) is 64.6 Å². The number of rotatable bonds is 3. The maximum absolute atomic E-state index is 6.22. The molecule has 148 valence electrons. The predicted molar refractivity (Wildman–Crippen MR) is 113 cm³/mol. The molecule has 1 atom stereocenters. The lowest BCUT2D eigenvalue weighted by Crippen LogP contribution is -2.27. The van der Waals surface area contributed by atoms with Crippen LogP contribution in [0.4, 0.5) is 5.82 Å². The number of hydrogen-bond donors (Lipinski definition) is 1. The molecular weight excluding hydrogens is 362 g/mol. The van der Waals surface area contributed by atoms with Gasteiger partial charge in [0.2, 0.25) is 0 Å². The number of fused-ring (bicyclic) bond motifs is 2. The molecule has 29 heavy (non-hydrogen) atoms. The second-order valence-electron chi connectivity index (χ2n) is 8.08. The van der Waals surface area contributed by atoms with Crippen LogP contribution in [0.5, 0.6) is 5.88 Å². The van der Waals surface area contributed by atoms with Gasteiger partial charge in [-0.05, 0) is 79.3 Å². The Bertz CT molecular complexity index is 1080. The van der Waals surface area contributed by atoms with E-state index in [0.29, 0.717) is 11.7 Å². The highest BCUT2D eigenvalue weighted by Gasteiger charge is 2.26. The SMILES string of the molecule is Cc1cc(-c2cnc(N)c(OC3CCc4cnccc43)n2)cc2c1CCN(C)C2. The quantitative estimate of drug-likeness (QED) is 0.741. The summed E-state index contributed by atoms with van der Waals surface area (Å²) in [4.78, 5) is 15.7. The summed E-state index contributed by atoms with van der Waals surface area (Å²) in [5.74, 6) is 0.732. The minimum Gasteiger partial charge on any atom is -0.467 e. The first-order valence-electron chi connectivity index (χ1n) is 10.1. The standard InChI is InChI=1S/C23H25N5O/c1-14-9-16(10-17-13-28(2)8-6-18(14)17)20-12-26-22(24)23(27-20)29-21-4-3-15-11-25-7-5-19(15)21/h5,7,9-12,21H,3-4,6,8,13H2,1-2H3,(H2,24,26). The van der Waals surface area contributed by atoms with Crippen molar-refractivity contribution in [3.8, 4) is 17.1 Å². The smallest absolute Gasteiger partial charge is 0.258 e. The van der Waals surface area contributed by atoms with Crippen LogP contribution >= 0.6 is 0 Å². The van der Waals surface area contributed by atoms with E-state index in [1.54, 1.807) is 12.4 Å². The summed E-state index contributed by atoms with van der Waals surface area (Å²) in [5, 5.41) is 0. The van der Waals surface area contributed by atoms with Gasteiger partial charge in [0.15, 0.2) is 5.82 Å². The third kappa shape index (κ3) is 3.34. The lowest BCUT2D eigenvalue weighted by atomic mass is 9.92. The Morgan fingerprint density at radius 1 is 1.17 bits per heavy atom. The van der Waals surface area contributed by atoms with Crippen molar-refractivity contribution < 1.29 is 4.74 Å². The van der Waals surface area contributed by atoms with Crippen LogP contribution in [0.15, 0.2) is 36.8 Å². The van der Waals surface area contributed by atoms with E-state index in [2.05, 4.69) is 41.0 Å². The zero-order valence-electron chi connectivity index (χ0n) is 16.9. The van der Waals surface area contributed by atoms with Gasteiger partial charge in [-0.25, -0.2) is 9.97 Å². The van der Waals surface area contributed by atoms with Gasteiger partial charge in [-0.3, -0.25) is 4.98 Å². The van der Waals surface area contributed by atoms with Gasteiger partial charge in [0.1, 0.15) is 6.10 Å². The van der Waals surface area contributed by atoms with Gasteiger partial charge >= 0.3 is 0 Å². The highest BCUT2D eigenvalue weighted by molar-refractivity contribution is 5.64. The van der Waals surface area contributed by atoms with Gasteiger partial charge in [-0.1, -0.05) is 0 Å². The van der Waals surface area contributed by atoms with Gasteiger partial charge in [0.05, 0.1) is 11.9 Å². The van der Waals surface area contributed by atoms with E-state index in [1.165, 1.54) is 27.8 Å². The van der Waals surface area contributed by atoms with Gasteiger partial charge < -0.3 is 15.4 Å². The Labute approximate surface area is 170 Å². The first-order chi connectivity index (χ1) is 14.1. The molecule has 3 aromatic rings. The average molecular weight is 387 g/mol. The topological polar surface area (TPSA) is 77.2 Å². The molecule has 6 heteroatoms. The van der Waals surface area contributed by atoms with Crippen molar-refractivity contribution in [1.29, 1.82) is 0 Å². The molecule has 2 aromatic heterocycles. The van der Waals surface area contributed by atoms with Crippen LogP contribution in [0.3, 0.4) is 0 Å². The van der Waals surface area contributed by atoms with Crippen molar-refractivity contribution in [3.63, 3.8) is 0 Å². The Morgan fingerprint density at radius 2 is 2.07 bits per heavy atom. The van der Waals surface area contributed by atoms with Gasteiger partial charge in [0.25, 0.3) is 5.88 Å². The van der Waals surface area contributed by atoms with Crippen molar-refractivity contribution in [1.82, 2.24) is 19.9 Å². The maximum atomic E-state index is 6.22. The molecule has 2 aliphatic rings. The van der Waals surface area contributed by atoms with Gasteiger partial charge in [-0.2, -0.15) is 0 Å².